The van der Waals surface area contributed by atoms with Crippen molar-refractivity contribution in [3.63, 3.8) is 0 Å². The Balaban J connectivity index is 1.95. The van der Waals surface area contributed by atoms with Crippen LogP contribution in [-0.2, 0) is 6.54 Å². The van der Waals surface area contributed by atoms with E-state index in [4.69, 9.17) is 0 Å². The molecule has 0 amide bonds. The maximum atomic E-state index is 4.50. The molecule has 0 unspecified atom stereocenters. The van der Waals surface area contributed by atoms with E-state index in [-0.39, 0.29) is 0 Å². The van der Waals surface area contributed by atoms with E-state index in [1.807, 2.05) is 12.3 Å². The zero-order chi connectivity index (χ0) is 13.7. The van der Waals surface area contributed by atoms with E-state index >= 15 is 0 Å². The second-order valence-electron chi connectivity index (χ2n) is 6.36. The van der Waals surface area contributed by atoms with E-state index in [0.29, 0.717) is 5.41 Å². The van der Waals surface area contributed by atoms with Gasteiger partial charge in [0.15, 0.2) is 0 Å². The van der Waals surface area contributed by atoms with Crippen molar-refractivity contribution in [2.75, 3.05) is 25.0 Å². The molecule has 1 fully saturated rings. The van der Waals surface area contributed by atoms with E-state index in [0.717, 1.165) is 13.1 Å². The molecule has 1 saturated heterocycles. The Morgan fingerprint density at radius 3 is 2.95 bits per heavy atom. The first-order valence-electron chi connectivity index (χ1n) is 7.50. The summed E-state index contributed by atoms with van der Waals surface area (Å²) in [4.78, 5) is 7.05. The van der Waals surface area contributed by atoms with Crippen LogP contribution >= 0.6 is 0 Å². The quantitative estimate of drug-likeness (QED) is 0.898. The van der Waals surface area contributed by atoms with Gasteiger partial charge < -0.3 is 5.32 Å². The van der Waals surface area contributed by atoms with Crippen molar-refractivity contribution in [1.29, 1.82) is 0 Å². The molecule has 0 spiro atoms. The molecule has 0 atom stereocenters. The summed E-state index contributed by atoms with van der Waals surface area (Å²) >= 11 is 0. The molecule has 0 saturated carbocycles. The first kappa shape index (κ1) is 14.3. The molecular formula is C16H27N3. The third kappa shape index (κ3) is 4.50. The van der Waals surface area contributed by atoms with E-state index < -0.39 is 0 Å². The number of hydrogen-bond donors (Lipinski definition) is 1. The van der Waals surface area contributed by atoms with Gasteiger partial charge in [-0.15, -0.1) is 0 Å². The highest BCUT2D eigenvalue weighted by Crippen LogP contribution is 2.30. The standard InChI is InChI=1S/C16H27N3/c1-4-17-14-6-9-18-15(12-14)13-19-10-5-7-16(2,3)8-11-19/h6,9,12H,4-5,7-8,10-11,13H2,1-3H3,(H,17,18). The largest absolute Gasteiger partial charge is 0.385 e. The molecule has 0 aliphatic carbocycles. The first-order chi connectivity index (χ1) is 9.09. The minimum Gasteiger partial charge on any atom is -0.385 e. The van der Waals surface area contributed by atoms with Gasteiger partial charge in [-0.05, 0) is 56.8 Å². The van der Waals surface area contributed by atoms with Crippen LogP contribution in [0.1, 0.15) is 45.7 Å². The van der Waals surface area contributed by atoms with Crippen molar-refractivity contribution >= 4 is 5.69 Å². The van der Waals surface area contributed by atoms with Crippen molar-refractivity contribution in [2.45, 2.75) is 46.6 Å². The van der Waals surface area contributed by atoms with Gasteiger partial charge in [0.2, 0.25) is 0 Å². The van der Waals surface area contributed by atoms with Crippen LogP contribution in [-0.4, -0.2) is 29.5 Å². The Kier molecular flexibility index (Phi) is 4.81. The topological polar surface area (TPSA) is 28.2 Å². The summed E-state index contributed by atoms with van der Waals surface area (Å²) < 4.78 is 0. The summed E-state index contributed by atoms with van der Waals surface area (Å²) in [6, 6.07) is 4.22. The predicted octanol–water partition coefficient (Wildman–Crippen LogP) is 3.53. The van der Waals surface area contributed by atoms with Crippen LogP contribution in [0.4, 0.5) is 5.69 Å². The smallest absolute Gasteiger partial charge is 0.0564 e. The monoisotopic (exact) mass is 261 g/mol. The highest BCUT2D eigenvalue weighted by Gasteiger charge is 2.23. The lowest BCUT2D eigenvalue weighted by Gasteiger charge is -2.23. The summed E-state index contributed by atoms with van der Waals surface area (Å²) in [6.45, 7) is 11.2. The third-order valence-electron chi connectivity index (χ3n) is 4.02. The Morgan fingerprint density at radius 1 is 1.32 bits per heavy atom. The summed E-state index contributed by atoms with van der Waals surface area (Å²) in [5, 5.41) is 3.35. The minimum absolute atomic E-state index is 0.508. The van der Waals surface area contributed by atoms with Crippen LogP contribution in [0, 0.1) is 5.41 Å². The fraction of sp³-hybridized carbons (Fsp3) is 0.688. The number of pyridine rings is 1. The normalized spacial score (nSPS) is 19.9. The Bertz CT molecular complexity index is 401. The third-order valence-corrected chi connectivity index (χ3v) is 4.02. The van der Waals surface area contributed by atoms with Gasteiger partial charge in [0.1, 0.15) is 0 Å². The SMILES string of the molecule is CCNc1ccnc(CN2CCCC(C)(C)CC2)c1. The van der Waals surface area contributed by atoms with Crippen LogP contribution in [0.2, 0.25) is 0 Å². The number of aromatic nitrogens is 1. The Hall–Kier alpha value is -1.09. The second-order valence-corrected chi connectivity index (χ2v) is 6.36. The van der Waals surface area contributed by atoms with Crippen LogP contribution in [0.25, 0.3) is 0 Å². The van der Waals surface area contributed by atoms with Gasteiger partial charge >= 0.3 is 0 Å². The Labute approximate surface area is 117 Å². The van der Waals surface area contributed by atoms with Crippen molar-refractivity contribution in [3.05, 3.63) is 24.0 Å². The zero-order valence-corrected chi connectivity index (χ0v) is 12.6. The van der Waals surface area contributed by atoms with Crippen LogP contribution < -0.4 is 5.32 Å². The lowest BCUT2D eigenvalue weighted by Crippen LogP contribution is -2.25. The molecule has 19 heavy (non-hydrogen) atoms. The molecule has 0 radical (unpaired) electrons. The summed E-state index contributed by atoms with van der Waals surface area (Å²) in [5.41, 5.74) is 2.87. The molecule has 0 aromatic carbocycles. The molecule has 3 heteroatoms. The number of rotatable bonds is 4. The average Bonchev–Trinajstić information content (AvgIpc) is 2.52. The highest BCUT2D eigenvalue weighted by atomic mass is 15.1. The van der Waals surface area contributed by atoms with Gasteiger partial charge in [-0.2, -0.15) is 0 Å². The van der Waals surface area contributed by atoms with Crippen molar-refractivity contribution in [3.8, 4) is 0 Å². The van der Waals surface area contributed by atoms with Crippen molar-refractivity contribution < 1.29 is 0 Å². The van der Waals surface area contributed by atoms with Gasteiger partial charge in [-0.25, -0.2) is 0 Å². The van der Waals surface area contributed by atoms with Crippen LogP contribution in [0.3, 0.4) is 0 Å². The molecule has 2 heterocycles. The lowest BCUT2D eigenvalue weighted by atomic mass is 9.85. The van der Waals surface area contributed by atoms with E-state index in [2.05, 4.69) is 42.0 Å². The van der Waals surface area contributed by atoms with Gasteiger partial charge in [0, 0.05) is 25.0 Å². The van der Waals surface area contributed by atoms with E-state index in [1.54, 1.807) is 0 Å². The van der Waals surface area contributed by atoms with Gasteiger partial charge in [0.05, 0.1) is 5.69 Å². The maximum absolute atomic E-state index is 4.50. The lowest BCUT2D eigenvalue weighted by molar-refractivity contribution is 0.253. The predicted molar refractivity (Wildman–Crippen MR) is 81.3 cm³/mol. The first-order valence-corrected chi connectivity index (χ1v) is 7.50. The Morgan fingerprint density at radius 2 is 2.16 bits per heavy atom. The van der Waals surface area contributed by atoms with E-state index in [1.165, 1.54) is 43.7 Å². The summed E-state index contributed by atoms with van der Waals surface area (Å²) in [5.74, 6) is 0. The molecule has 1 aliphatic heterocycles. The van der Waals surface area contributed by atoms with Gasteiger partial charge in [-0.3, -0.25) is 9.88 Å². The minimum atomic E-state index is 0.508. The second kappa shape index (κ2) is 6.38. The van der Waals surface area contributed by atoms with E-state index in [9.17, 15) is 0 Å². The molecule has 0 bridgehead atoms. The average molecular weight is 261 g/mol. The van der Waals surface area contributed by atoms with Crippen molar-refractivity contribution in [2.24, 2.45) is 5.41 Å². The van der Waals surface area contributed by atoms with Crippen LogP contribution in [0.15, 0.2) is 18.3 Å². The van der Waals surface area contributed by atoms with Gasteiger partial charge in [0.25, 0.3) is 0 Å². The fourth-order valence-electron chi connectivity index (χ4n) is 2.74. The molecule has 1 aliphatic rings. The van der Waals surface area contributed by atoms with Crippen molar-refractivity contribution in [1.82, 2.24) is 9.88 Å². The summed E-state index contributed by atoms with van der Waals surface area (Å²) in [6.07, 6.45) is 5.85. The molecule has 1 aromatic heterocycles. The number of nitrogens with one attached hydrogen (secondary N) is 1. The summed E-state index contributed by atoms with van der Waals surface area (Å²) in [7, 11) is 0. The van der Waals surface area contributed by atoms with Gasteiger partial charge in [-0.1, -0.05) is 13.8 Å². The van der Waals surface area contributed by atoms with Crippen LogP contribution in [0.5, 0.6) is 0 Å². The number of nitrogens with zero attached hydrogens (tertiary/aromatic N) is 2. The zero-order valence-electron chi connectivity index (χ0n) is 12.6. The molecule has 106 valence electrons. The molecule has 2 rings (SSSR count). The maximum Gasteiger partial charge on any atom is 0.0564 e. The molecule has 1 N–H and O–H groups in total. The number of anilines is 1. The fourth-order valence-corrected chi connectivity index (χ4v) is 2.74. The molecule has 3 nitrogen and oxygen atoms in total. The molecular weight excluding hydrogens is 234 g/mol. The number of likely N-dealkylation sites (tertiary alicyclic amines) is 1. The highest BCUT2D eigenvalue weighted by molar-refractivity contribution is 5.42. The molecule has 1 aromatic rings. The number of hydrogen-bond acceptors (Lipinski definition) is 3.